The molecule has 1 atom stereocenters. The third-order valence-electron chi connectivity index (χ3n) is 4.41. The van der Waals surface area contributed by atoms with Crippen molar-refractivity contribution in [1.29, 1.82) is 0 Å². The van der Waals surface area contributed by atoms with Gasteiger partial charge in [0.25, 0.3) is 5.91 Å². The molecule has 0 fully saturated rings. The number of rotatable bonds is 6. The summed E-state index contributed by atoms with van der Waals surface area (Å²) in [7, 11) is 0. The molecule has 5 heteroatoms. The molecule has 0 bridgehead atoms. The van der Waals surface area contributed by atoms with Crippen molar-refractivity contribution >= 4 is 17.6 Å². The summed E-state index contributed by atoms with van der Waals surface area (Å²) in [5, 5.41) is 2.90. The van der Waals surface area contributed by atoms with Crippen molar-refractivity contribution in [2.24, 2.45) is 0 Å². The second-order valence-electron chi connectivity index (χ2n) is 6.33. The quantitative estimate of drug-likeness (QED) is 0.803. The molecule has 0 aromatic heterocycles. The molecule has 0 spiro atoms. The molecule has 0 saturated carbocycles. The van der Waals surface area contributed by atoms with Gasteiger partial charge >= 0.3 is 5.97 Å². The molecular weight excluding hydrogens is 330 g/mol. The van der Waals surface area contributed by atoms with Gasteiger partial charge in [-0.1, -0.05) is 6.07 Å². The number of hydrogen-bond acceptors (Lipinski definition) is 4. The van der Waals surface area contributed by atoms with Crippen molar-refractivity contribution in [2.45, 2.75) is 39.2 Å². The lowest BCUT2D eigenvalue weighted by Crippen LogP contribution is -2.30. The van der Waals surface area contributed by atoms with Crippen LogP contribution >= 0.6 is 0 Å². The lowest BCUT2D eigenvalue weighted by Gasteiger charge is -2.15. The highest BCUT2D eigenvalue weighted by Gasteiger charge is 2.17. The van der Waals surface area contributed by atoms with E-state index in [0.29, 0.717) is 17.9 Å². The summed E-state index contributed by atoms with van der Waals surface area (Å²) in [4.78, 5) is 24.0. The van der Waals surface area contributed by atoms with E-state index in [1.54, 1.807) is 38.1 Å². The number of benzene rings is 2. The largest absolute Gasteiger partial charge is 0.481 e. The monoisotopic (exact) mass is 353 g/mol. The van der Waals surface area contributed by atoms with Gasteiger partial charge in [0.15, 0.2) is 6.10 Å². The number of esters is 1. The average molecular weight is 353 g/mol. The lowest BCUT2D eigenvalue weighted by molar-refractivity contribution is -0.122. The molecule has 0 unspecified atom stereocenters. The zero-order valence-corrected chi connectivity index (χ0v) is 15.1. The molecule has 1 amide bonds. The molecule has 2 aromatic rings. The van der Waals surface area contributed by atoms with Crippen LogP contribution in [-0.4, -0.2) is 24.6 Å². The molecule has 1 aliphatic carbocycles. The third kappa shape index (κ3) is 4.23. The Morgan fingerprint density at radius 1 is 1.08 bits per heavy atom. The van der Waals surface area contributed by atoms with Crippen molar-refractivity contribution in [3.63, 3.8) is 0 Å². The van der Waals surface area contributed by atoms with E-state index in [1.807, 2.05) is 12.1 Å². The molecule has 2 aromatic carbocycles. The van der Waals surface area contributed by atoms with Crippen molar-refractivity contribution in [3.05, 3.63) is 59.2 Å². The van der Waals surface area contributed by atoms with Crippen LogP contribution in [0.5, 0.6) is 5.75 Å². The summed E-state index contributed by atoms with van der Waals surface area (Å²) in [5.41, 5.74) is 3.93. The fraction of sp³-hybridized carbons (Fsp3) is 0.333. The lowest BCUT2D eigenvalue weighted by atomic mass is 10.1. The molecular formula is C21H23NO4. The molecule has 26 heavy (non-hydrogen) atoms. The average Bonchev–Trinajstić information content (AvgIpc) is 3.10. The van der Waals surface area contributed by atoms with Gasteiger partial charge in [0, 0.05) is 5.69 Å². The SMILES string of the molecule is CCOC(=O)c1ccc(O[C@@H](C)C(=O)Nc2ccc3c(c2)CCC3)cc1. The highest BCUT2D eigenvalue weighted by atomic mass is 16.5. The maximum Gasteiger partial charge on any atom is 0.338 e. The molecule has 1 N–H and O–H groups in total. The van der Waals surface area contributed by atoms with Crippen LogP contribution in [0, 0.1) is 0 Å². The summed E-state index contributed by atoms with van der Waals surface area (Å²) in [6.07, 6.45) is 2.70. The van der Waals surface area contributed by atoms with E-state index >= 15 is 0 Å². The highest BCUT2D eigenvalue weighted by Crippen LogP contribution is 2.25. The van der Waals surface area contributed by atoms with Crippen LogP contribution in [0.1, 0.15) is 41.8 Å². The number of aryl methyl sites for hydroxylation is 2. The van der Waals surface area contributed by atoms with Gasteiger partial charge in [0.05, 0.1) is 12.2 Å². The number of hydrogen-bond donors (Lipinski definition) is 1. The van der Waals surface area contributed by atoms with Crippen molar-refractivity contribution < 1.29 is 19.1 Å². The number of nitrogens with one attached hydrogen (secondary N) is 1. The molecule has 0 heterocycles. The minimum Gasteiger partial charge on any atom is -0.481 e. The second kappa shape index (κ2) is 8.04. The van der Waals surface area contributed by atoms with Gasteiger partial charge in [-0.05, 0) is 80.6 Å². The molecule has 0 aliphatic heterocycles. The standard InChI is InChI=1S/C21H23NO4/c1-3-25-21(24)16-8-11-19(12-9-16)26-14(2)20(23)22-18-10-7-15-5-4-6-17(15)13-18/h7-14H,3-6H2,1-2H3,(H,22,23)/t14-/m0/s1. The topological polar surface area (TPSA) is 64.6 Å². The number of carbonyl (C=O) groups is 2. The first-order valence-corrected chi connectivity index (χ1v) is 8.93. The van der Waals surface area contributed by atoms with Crippen molar-refractivity contribution in [2.75, 3.05) is 11.9 Å². The Morgan fingerprint density at radius 3 is 2.54 bits per heavy atom. The van der Waals surface area contributed by atoms with Gasteiger partial charge in [-0.3, -0.25) is 4.79 Å². The smallest absolute Gasteiger partial charge is 0.338 e. The molecule has 0 saturated heterocycles. The molecule has 1 aliphatic rings. The molecule has 3 rings (SSSR count). The predicted molar refractivity (Wildman–Crippen MR) is 99.6 cm³/mol. The van der Waals surface area contributed by atoms with Gasteiger partial charge in [-0.15, -0.1) is 0 Å². The van der Waals surface area contributed by atoms with E-state index in [1.165, 1.54) is 17.5 Å². The fourth-order valence-corrected chi connectivity index (χ4v) is 3.04. The normalized spacial score (nSPS) is 13.6. The summed E-state index contributed by atoms with van der Waals surface area (Å²) in [6, 6.07) is 12.6. The Kier molecular flexibility index (Phi) is 5.56. The molecule has 5 nitrogen and oxygen atoms in total. The van der Waals surface area contributed by atoms with Crippen LogP contribution in [0.3, 0.4) is 0 Å². The van der Waals surface area contributed by atoms with Crippen LogP contribution in [0.15, 0.2) is 42.5 Å². The minimum atomic E-state index is -0.656. The number of ether oxygens (including phenoxy) is 2. The van der Waals surface area contributed by atoms with Gasteiger partial charge in [0.1, 0.15) is 5.75 Å². The van der Waals surface area contributed by atoms with Gasteiger partial charge in [0.2, 0.25) is 0 Å². The van der Waals surface area contributed by atoms with E-state index in [-0.39, 0.29) is 11.9 Å². The zero-order chi connectivity index (χ0) is 18.5. The number of fused-ring (bicyclic) bond motifs is 1. The van der Waals surface area contributed by atoms with Gasteiger partial charge in [-0.25, -0.2) is 4.79 Å². The first-order chi connectivity index (χ1) is 12.6. The Labute approximate surface area is 153 Å². The predicted octanol–water partition coefficient (Wildman–Crippen LogP) is 3.76. The Morgan fingerprint density at radius 2 is 1.81 bits per heavy atom. The van der Waals surface area contributed by atoms with Crippen LogP contribution in [0.2, 0.25) is 0 Å². The van der Waals surface area contributed by atoms with Gasteiger partial charge < -0.3 is 14.8 Å². The van der Waals surface area contributed by atoms with E-state index in [9.17, 15) is 9.59 Å². The van der Waals surface area contributed by atoms with Crippen LogP contribution in [0.4, 0.5) is 5.69 Å². The first-order valence-electron chi connectivity index (χ1n) is 8.93. The van der Waals surface area contributed by atoms with Crippen molar-refractivity contribution in [1.82, 2.24) is 0 Å². The molecule has 0 radical (unpaired) electrons. The highest BCUT2D eigenvalue weighted by molar-refractivity contribution is 5.94. The number of carbonyl (C=O) groups excluding carboxylic acids is 2. The third-order valence-corrected chi connectivity index (χ3v) is 4.41. The summed E-state index contributed by atoms with van der Waals surface area (Å²) >= 11 is 0. The molecule has 136 valence electrons. The number of anilines is 1. The maximum atomic E-state index is 12.4. The maximum absolute atomic E-state index is 12.4. The van der Waals surface area contributed by atoms with E-state index < -0.39 is 6.10 Å². The van der Waals surface area contributed by atoms with E-state index in [2.05, 4.69) is 11.4 Å². The van der Waals surface area contributed by atoms with Crippen LogP contribution in [0.25, 0.3) is 0 Å². The number of amides is 1. The van der Waals surface area contributed by atoms with Crippen LogP contribution < -0.4 is 10.1 Å². The Bertz CT molecular complexity index is 798. The van der Waals surface area contributed by atoms with E-state index in [4.69, 9.17) is 9.47 Å². The summed E-state index contributed by atoms with van der Waals surface area (Å²) in [5.74, 6) is -0.0616. The Balaban J connectivity index is 1.58. The van der Waals surface area contributed by atoms with Crippen LogP contribution in [-0.2, 0) is 22.4 Å². The Hall–Kier alpha value is -2.82. The van der Waals surface area contributed by atoms with Crippen molar-refractivity contribution in [3.8, 4) is 5.75 Å². The fourth-order valence-electron chi connectivity index (χ4n) is 3.04. The summed E-state index contributed by atoms with van der Waals surface area (Å²) in [6.45, 7) is 3.79. The second-order valence-corrected chi connectivity index (χ2v) is 6.33. The van der Waals surface area contributed by atoms with E-state index in [0.717, 1.165) is 18.5 Å². The zero-order valence-electron chi connectivity index (χ0n) is 15.1. The minimum absolute atomic E-state index is 0.211. The van der Waals surface area contributed by atoms with Gasteiger partial charge in [-0.2, -0.15) is 0 Å². The summed E-state index contributed by atoms with van der Waals surface area (Å²) < 4.78 is 10.6. The first kappa shape index (κ1) is 18.0.